The van der Waals surface area contributed by atoms with Gasteiger partial charge in [0.1, 0.15) is 5.75 Å². The summed E-state index contributed by atoms with van der Waals surface area (Å²) in [6.07, 6.45) is 0.894. The number of hydrogen-bond donors (Lipinski definition) is 1. The number of hydrogen-bond acceptors (Lipinski definition) is 3. The van der Waals surface area contributed by atoms with Crippen LogP contribution in [0.1, 0.15) is 16.7 Å². The summed E-state index contributed by atoms with van der Waals surface area (Å²) in [7, 11) is 1.65. The first-order valence-electron chi connectivity index (χ1n) is 5.71. The molecule has 0 radical (unpaired) electrons. The molecule has 0 bridgehead atoms. The molecule has 1 aromatic carbocycles. The van der Waals surface area contributed by atoms with Gasteiger partial charge >= 0.3 is 5.97 Å². The van der Waals surface area contributed by atoms with Crippen molar-refractivity contribution in [2.45, 2.75) is 19.9 Å². The molecule has 0 aliphatic carbocycles. The number of methoxy groups -OCH3 is 1. The van der Waals surface area contributed by atoms with Crippen molar-refractivity contribution >= 4 is 5.97 Å². The Morgan fingerprint density at radius 2 is 2.24 bits per heavy atom. The number of carboxylic acid groups (broad SMARTS) is 1. The van der Waals surface area contributed by atoms with Gasteiger partial charge in [-0.1, -0.05) is 6.07 Å². The van der Waals surface area contributed by atoms with Crippen LogP contribution in [0.2, 0.25) is 0 Å². The molecule has 17 heavy (non-hydrogen) atoms. The average molecular weight is 235 g/mol. The molecule has 0 saturated carbocycles. The molecular formula is C13H17NO3. The van der Waals surface area contributed by atoms with Crippen LogP contribution in [0.3, 0.4) is 0 Å². The highest BCUT2D eigenvalue weighted by molar-refractivity contribution is 5.69. The van der Waals surface area contributed by atoms with Crippen LogP contribution >= 0.6 is 0 Å². The number of aryl methyl sites for hydroxylation is 1. The first-order valence-corrected chi connectivity index (χ1v) is 5.71. The van der Waals surface area contributed by atoms with Gasteiger partial charge in [0.25, 0.3) is 0 Å². The van der Waals surface area contributed by atoms with E-state index in [0.29, 0.717) is 6.54 Å². The lowest BCUT2D eigenvalue weighted by Gasteiger charge is -2.29. The van der Waals surface area contributed by atoms with Gasteiger partial charge in [-0.15, -0.1) is 0 Å². The number of carboxylic acids is 1. The van der Waals surface area contributed by atoms with Gasteiger partial charge in [0.05, 0.1) is 13.7 Å². The van der Waals surface area contributed by atoms with Crippen molar-refractivity contribution in [3.8, 4) is 5.75 Å². The Bertz CT molecular complexity index is 443. The number of carbonyl (C=O) groups is 1. The van der Waals surface area contributed by atoms with E-state index in [9.17, 15) is 4.79 Å². The van der Waals surface area contributed by atoms with Gasteiger partial charge < -0.3 is 9.84 Å². The normalized spacial score (nSPS) is 15.4. The molecule has 0 unspecified atom stereocenters. The number of aliphatic carboxylic acids is 1. The molecule has 1 aliphatic rings. The van der Waals surface area contributed by atoms with Crippen LogP contribution in [0, 0.1) is 6.92 Å². The van der Waals surface area contributed by atoms with Crippen LogP contribution in [-0.2, 0) is 17.8 Å². The molecule has 1 N–H and O–H groups in total. The fraction of sp³-hybridized carbons (Fsp3) is 0.462. The summed E-state index contributed by atoms with van der Waals surface area (Å²) in [5.74, 6) is 0.0840. The van der Waals surface area contributed by atoms with Crippen LogP contribution in [0.15, 0.2) is 12.1 Å². The standard InChI is InChI=1S/C13H17NO3/c1-9-3-4-12(17-2)11-7-14(8-13(15)16)6-5-10(9)11/h3-4H,5-8H2,1-2H3,(H,15,16). The number of rotatable bonds is 3. The van der Waals surface area contributed by atoms with Gasteiger partial charge in [-0.25, -0.2) is 0 Å². The Morgan fingerprint density at radius 3 is 2.88 bits per heavy atom. The van der Waals surface area contributed by atoms with Gasteiger partial charge in [0.2, 0.25) is 0 Å². The molecule has 92 valence electrons. The molecule has 0 spiro atoms. The van der Waals surface area contributed by atoms with Crippen LogP contribution in [0.5, 0.6) is 5.75 Å². The van der Waals surface area contributed by atoms with E-state index >= 15 is 0 Å². The Hall–Kier alpha value is -1.55. The third-order valence-corrected chi connectivity index (χ3v) is 3.26. The molecule has 4 heteroatoms. The molecule has 0 amide bonds. The molecule has 4 nitrogen and oxygen atoms in total. The first-order chi connectivity index (χ1) is 8.11. The van der Waals surface area contributed by atoms with Crippen molar-refractivity contribution in [1.82, 2.24) is 4.90 Å². The predicted octanol–water partition coefficient (Wildman–Crippen LogP) is 1.45. The summed E-state index contributed by atoms with van der Waals surface area (Å²) in [6.45, 7) is 3.64. The number of nitrogens with zero attached hydrogens (tertiary/aromatic N) is 1. The van der Waals surface area contributed by atoms with Crippen LogP contribution < -0.4 is 4.74 Å². The summed E-state index contributed by atoms with van der Waals surface area (Å²) < 4.78 is 5.35. The fourth-order valence-corrected chi connectivity index (χ4v) is 2.40. The van der Waals surface area contributed by atoms with E-state index in [4.69, 9.17) is 9.84 Å². The smallest absolute Gasteiger partial charge is 0.317 e. The van der Waals surface area contributed by atoms with Gasteiger partial charge in [-0.3, -0.25) is 9.69 Å². The molecule has 0 saturated heterocycles. The number of fused-ring (bicyclic) bond motifs is 1. The number of ether oxygens (including phenoxy) is 1. The van der Waals surface area contributed by atoms with Crippen molar-refractivity contribution in [1.29, 1.82) is 0 Å². The van der Waals surface area contributed by atoms with Crippen molar-refractivity contribution in [3.05, 3.63) is 28.8 Å². The lowest BCUT2D eigenvalue weighted by molar-refractivity contribution is -0.138. The quantitative estimate of drug-likeness (QED) is 0.861. The van der Waals surface area contributed by atoms with Crippen molar-refractivity contribution in [2.24, 2.45) is 0 Å². The molecule has 1 aromatic rings. The maximum Gasteiger partial charge on any atom is 0.317 e. The van der Waals surface area contributed by atoms with Crippen LogP contribution in [-0.4, -0.2) is 36.2 Å². The zero-order chi connectivity index (χ0) is 12.4. The van der Waals surface area contributed by atoms with E-state index in [0.717, 1.165) is 24.3 Å². The second-order valence-corrected chi connectivity index (χ2v) is 4.40. The van der Waals surface area contributed by atoms with E-state index in [2.05, 4.69) is 13.0 Å². The minimum atomic E-state index is -0.778. The minimum absolute atomic E-state index is 0.0938. The van der Waals surface area contributed by atoms with E-state index < -0.39 is 5.97 Å². The highest BCUT2D eigenvalue weighted by Crippen LogP contribution is 2.30. The van der Waals surface area contributed by atoms with Gasteiger partial charge in [-0.2, -0.15) is 0 Å². The Kier molecular flexibility index (Phi) is 3.33. The van der Waals surface area contributed by atoms with Crippen LogP contribution in [0.4, 0.5) is 0 Å². The summed E-state index contributed by atoms with van der Waals surface area (Å²) >= 11 is 0. The average Bonchev–Trinajstić information content (AvgIpc) is 2.29. The molecule has 1 aliphatic heterocycles. The third kappa shape index (κ3) is 2.42. The van der Waals surface area contributed by atoms with E-state index in [1.807, 2.05) is 11.0 Å². The second kappa shape index (κ2) is 4.75. The Morgan fingerprint density at radius 1 is 1.47 bits per heavy atom. The highest BCUT2D eigenvalue weighted by atomic mass is 16.5. The summed E-state index contributed by atoms with van der Waals surface area (Å²) in [5.41, 5.74) is 3.71. The number of benzene rings is 1. The van der Waals surface area contributed by atoms with Crippen molar-refractivity contribution in [2.75, 3.05) is 20.2 Å². The second-order valence-electron chi connectivity index (χ2n) is 4.40. The van der Waals surface area contributed by atoms with E-state index in [1.54, 1.807) is 7.11 Å². The highest BCUT2D eigenvalue weighted by Gasteiger charge is 2.22. The van der Waals surface area contributed by atoms with Gasteiger partial charge in [0.15, 0.2) is 0 Å². The summed E-state index contributed by atoms with van der Waals surface area (Å²) in [5, 5.41) is 8.82. The zero-order valence-electron chi connectivity index (χ0n) is 10.2. The largest absolute Gasteiger partial charge is 0.496 e. The fourth-order valence-electron chi connectivity index (χ4n) is 2.40. The van der Waals surface area contributed by atoms with Crippen LogP contribution in [0.25, 0.3) is 0 Å². The topological polar surface area (TPSA) is 49.8 Å². The molecular weight excluding hydrogens is 218 g/mol. The third-order valence-electron chi connectivity index (χ3n) is 3.26. The Balaban J connectivity index is 2.29. The molecule has 0 aromatic heterocycles. The van der Waals surface area contributed by atoms with Crippen molar-refractivity contribution < 1.29 is 14.6 Å². The Labute approximate surface area is 101 Å². The maximum atomic E-state index is 10.7. The maximum absolute atomic E-state index is 10.7. The zero-order valence-corrected chi connectivity index (χ0v) is 10.2. The minimum Gasteiger partial charge on any atom is -0.496 e. The van der Waals surface area contributed by atoms with E-state index in [1.165, 1.54) is 11.1 Å². The van der Waals surface area contributed by atoms with E-state index in [-0.39, 0.29) is 6.54 Å². The van der Waals surface area contributed by atoms with Gasteiger partial charge in [-0.05, 0) is 30.5 Å². The summed E-state index contributed by atoms with van der Waals surface area (Å²) in [4.78, 5) is 12.7. The summed E-state index contributed by atoms with van der Waals surface area (Å²) in [6, 6.07) is 4.02. The lowest BCUT2D eigenvalue weighted by Crippen LogP contribution is -2.35. The first kappa shape index (κ1) is 11.9. The molecule has 2 rings (SSSR count). The SMILES string of the molecule is COc1ccc(C)c2c1CN(CC(=O)O)CC2. The molecule has 0 atom stereocenters. The van der Waals surface area contributed by atoms with Crippen molar-refractivity contribution in [3.63, 3.8) is 0 Å². The monoisotopic (exact) mass is 235 g/mol. The van der Waals surface area contributed by atoms with Gasteiger partial charge in [0, 0.05) is 18.7 Å². The predicted molar refractivity (Wildman–Crippen MR) is 64.3 cm³/mol. The molecule has 1 heterocycles. The molecule has 0 fully saturated rings. The lowest BCUT2D eigenvalue weighted by atomic mass is 9.94.